The van der Waals surface area contributed by atoms with E-state index >= 15 is 0 Å². The number of benzene rings is 2. The number of hydrogen-bond acceptors (Lipinski definition) is 1. The van der Waals surface area contributed by atoms with Crippen molar-refractivity contribution in [2.75, 3.05) is 0 Å². The van der Waals surface area contributed by atoms with Crippen LogP contribution in [0.3, 0.4) is 0 Å². The lowest BCUT2D eigenvalue weighted by Gasteiger charge is -2.16. The van der Waals surface area contributed by atoms with E-state index in [0.29, 0.717) is 0 Å². The normalized spacial score (nSPS) is 11.6. The summed E-state index contributed by atoms with van der Waals surface area (Å²) in [6, 6.07) is 17.5. The molecule has 0 aliphatic carbocycles. The van der Waals surface area contributed by atoms with E-state index in [-0.39, 0.29) is 0 Å². The highest BCUT2D eigenvalue weighted by molar-refractivity contribution is 9.10. The van der Waals surface area contributed by atoms with Crippen molar-refractivity contribution in [2.24, 2.45) is 0 Å². The van der Waals surface area contributed by atoms with Crippen LogP contribution in [0.2, 0.25) is 19.6 Å². The molecular formula is C17H22BrNSi. The van der Waals surface area contributed by atoms with Gasteiger partial charge in [-0.1, -0.05) is 77.2 Å². The molecule has 2 rings (SSSR count). The minimum absolute atomic E-state index is 0.906. The lowest BCUT2D eigenvalue weighted by molar-refractivity contribution is 0.693. The van der Waals surface area contributed by atoms with E-state index < -0.39 is 8.07 Å². The summed E-state index contributed by atoms with van der Waals surface area (Å²) < 4.78 is 1.13. The van der Waals surface area contributed by atoms with Gasteiger partial charge >= 0.3 is 0 Å². The van der Waals surface area contributed by atoms with E-state index in [1.54, 1.807) is 0 Å². The smallest absolute Gasteiger partial charge is 0.0775 e. The molecule has 0 spiro atoms. The fourth-order valence-corrected chi connectivity index (χ4v) is 3.51. The third-order valence-electron chi connectivity index (χ3n) is 3.39. The van der Waals surface area contributed by atoms with Crippen molar-refractivity contribution in [2.45, 2.75) is 32.7 Å². The first kappa shape index (κ1) is 15.5. The minimum Gasteiger partial charge on any atom is -0.309 e. The Hall–Kier alpha value is -0.903. The highest BCUT2D eigenvalue weighted by Crippen LogP contribution is 2.10. The lowest BCUT2D eigenvalue weighted by atomic mass is 10.2. The van der Waals surface area contributed by atoms with Gasteiger partial charge in [0.05, 0.1) is 8.07 Å². The highest BCUT2D eigenvalue weighted by atomic mass is 79.9. The van der Waals surface area contributed by atoms with E-state index in [0.717, 1.165) is 17.6 Å². The topological polar surface area (TPSA) is 12.0 Å². The number of hydrogen-bond donors (Lipinski definition) is 1. The van der Waals surface area contributed by atoms with Crippen molar-refractivity contribution in [3.05, 3.63) is 64.1 Å². The van der Waals surface area contributed by atoms with Gasteiger partial charge in [-0.25, -0.2) is 0 Å². The molecule has 0 amide bonds. The van der Waals surface area contributed by atoms with Crippen molar-refractivity contribution < 1.29 is 0 Å². The molecule has 2 aromatic rings. The van der Waals surface area contributed by atoms with E-state index in [1.165, 1.54) is 16.3 Å². The molecule has 0 aliphatic rings. The van der Waals surface area contributed by atoms with Crippen LogP contribution in [0, 0.1) is 0 Å². The predicted octanol–water partition coefficient (Wildman–Crippen LogP) is 4.28. The van der Waals surface area contributed by atoms with Gasteiger partial charge in [-0.3, -0.25) is 0 Å². The summed E-state index contributed by atoms with van der Waals surface area (Å²) in [4.78, 5) is 0. The fourth-order valence-electron chi connectivity index (χ4n) is 2.08. The molecule has 0 heterocycles. The van der Waals surface area contributed by atoms with E-state index in [9.17, 15) is 0 Å². The molecular weight excluding hydrogens is 326 g/mol. The molecule has 0 aromatic heterocycles. The molecule has 0 atom stereocenters. The van der Waals surface area contributed by atoms with Crippen LogP contribution in [0.1, 0.15) is 11.1 Å². The Morgan fingerprint density at radius 1 is 0.800 bits per heavy atom. The highest BCUT2D eigenvalue weighted by Gasteiger charge is 2.15. The van der Waals surface area contributed by atoms with Gasteiger partial charge < -0.3 is 5.32 Å². The monoisotopic (exact) mass is 347 g/mol. The second-order valence-corrected chi connectivity index (χ2v) is 12.2. The molecule has 0 aliphatic heterocycles. The first-order valence-corrected chi connectivity index (χ1v) is 11.3. The van der Waals surface area contributed by atoms with Crippen LogP contribution in [0.4, 0.5) is 0 Å². The minimum atomic E-state index is -1.17. The van der Waals surface area contributed by atoms with Crippen molar-refractivity contribution in [1.82, 2.24) is 5.32 Å². The summed E-state index contributed by atoms with van der Waals surface area (Å²) in [7, 11) is -1.17. The molecule has 0 unspecified atom stereocenters. The zero-order valence-electron chi connectivity index (χ0n) is 12.4. The Morgan fingerprint density at radius 2 is 1.25 bits per heavy atom. The largest absolute Gasteiger partial charge is 0.309 e. The fraction of sp³-hybridized carbons (Fsp3) is 0.294. The quantitative estimate of drug-likeness (QED) is 0.795. The summed E-state index contributed by atoms with van der Waals surface area (Å²) in [5.41, 5.74) is 2.66. The first-order chi connectivity index (χ1) is 9.45. The Labute approximate surface area is 131 Å². The van der Waals surface area contributed by atoms with Gasteiger partial charge in [-0.05, 0) is 23.3 Å². The molecule has 1 nitrogen and oxygen atoms in total. The van der Waals surface area contributed by atoms with E-state index in [1.807, 2.05) is 0 Å². The van der Waals surface area contributed by atoms with Gasteiger partial charge in [0.1, 0.15) is 0 Å². The Bertz CT molecular complexity index is 541. The van der Waals surface area contributed by atoms with Crippen LogP contribution in [0.25, 0.3) is 0 Å². The van der Waals surface area contributed by atoms with Gasteiger partial charge in [-0.2, -0.15) is 0 Å². The van der Waals surface area contributed by atoms with Gasteiger partial charge in [-0.15, -0.1) is 0 Å². The zero-order valence-corrected chi connectivity index (χ0v) is 15.0. The third-order valence-corrected chi connectivity index (χ3v) is 5.99. The molecule has 106 valence electrons. The second-order valence-electron chi connectivity index (χ2n) is 6.18. The zero-order chi connectivity index (χ0) is 14.6. The number of halogens is 1. The molecule has 1 N–H and O–H groups in total. The van der Waals surface area contributed by atoms with Crippen LogP contribution in [0.5, 0.6) is 0 Å². The summed E-state index contributed by atoms with van der Waals surface area (Å²) in [5.74, 6) is 0. The molecule has 0 radical (unpaired) electrons. The summed E-state index contributed by atoms with van der Waals surface area (Å²) in [6.45, 7) is 8.97. The predicted molar refractivity (Wildman–Crippen MR) is 94.1 cm³/mol. The summed E-state index contributed by atoms with van der Waals surface area (Å²) in [5, 5.41) is 5.01. The maximum absolute atomic E-state index is 3.49. The first-order valence-electron chi connectivity index (χ1n) is 7.00. The molecule has 3 heteroatoms. The molecule has 0 bridgehead atoms. The SMILES string of the molecule is C[Si](C)(C)c1ccc(CNCc2ccc(Br)cc2)cc1. The van der Waals surface area contributed by atoms with E-state index in [4.69, 9.17) is 0 Å². The van der Waals surface area contributed by atoms with Crippen molar-refractivity contribution >= 4 is 29.2 Å². The second kappa shape index (κ2) is 6.70. The average molecular weight is 348 g/mol. The average Bonchev–Trinajstić information content (AvgIpc) is 2.41. The number of nitrogens with one attached hydrogen (secondary N) is 1. The van der Waals surface area contributed by atoms with Crippen LogP contribution < -0.4 is 10.5 Å². The van der Waals surface area contributed by atoms with Gasteiger partial charge in [0.2, 0.25) is 0 Å². The van der Waals surface area contributed by atoms with Crippen molar-refractivity contribution in [1.29, 1.82) is 0 Å². The third kappa shape index (κ3) is 4.58. The van der Waals surface area contributed by atoms with Crippen molar-refractivity contribution in [3.63, 3.8) is 0 Å². The Balaban J connectivity index is 1.87. The molecule has 2 aromatic carbocycles. The van der Waals surface area contributed by atoms with E-state index in [2.05, 4.69) is 89.4 Å². The molecule has 0 saturated carbocycles. The van der Waals surface area contributed by atoms with Crippen LogP contribution in [-0.2, 0) is 13.1 Å². The maximum atomic E-state index is 3.49. The van der Waals surface area contributed by atoms with Gasteiger partial charge in [0.25, 0.3) is 0 Å². The standard InChI is InChI=1S/C17H22BrNSi/c1-20(2,3)17-10-6-15(7-11-17)13-19-12-14-4-8-16(18)9-5-14/h4-11,19H,12-13H2,1-3H3. The maximum Gasteiger partial charge on any atom is 0.0775 e. The summed E-state index contributed by atoms with van der Waals surface area (Å²) in [6.07, 6.45) is 0. The number of rotatable bonds is 5. The van der Waals surface area contributed by atoms with Crippen LogP contribution >= 0.6 is 15.9 Å². The molecule has 20 heavy (non-hydrogen) atoms. The summed E-state index contributed by atoms with van der Waals surface area (Å²) >= 11 is 3.46. The molecule has 0 fully saturated rings. The Morgan fingerprint density at radius 3 is 1.70 bits per heavy atom. The van der Waals surface area contributed by atoms with Crippen molar-refractivity contribution in [3.8, 4) is 0 Å². The van der Waals surface area contributed by atoms with Crippen LogP contribution in [-0.4, -0.2) is 8.07 Å². The van der Waals surface area contributed by atoms with Crippen LogP contribution in [0.15, 0.2) is 53.0 Å². The lowest BCUT2D eigenvalue weighted by Crippen LogP contribution is -2.37. The van der Waals surface area contributed by atoms with Gasteiger partial charge in [0.15, 0.2) is 0 Å². The Kier molecular flexibility index (Phi) is 5.19. The molecule has 0 saturated heterocycles. The van der Waals surface area contributed by atoms with Gasteiger partial charge in [0, 0.05) is 17.6 Å².